The monoisotopic (exact) mass is 375 g/mol. The molecule has 0 bridgehead atoms. The number of allylic oxidation sites excluding steroid dienone is 1. The van der Waals surface area contributed by atoms with Gasteiger partial charge in [-0.05, 0) is 36.3 Å². The van der Waals surface area contributed by atoms with Crippen LogP contribution in [0.2, 0.25) is 0 Å². The van der Waals surface area contributed by atoms with Crippen LogP contribution in [0, 0.1) is 5.92 Å². The number of amides is 1. The summed E-state index contributed by atoms with van der Waals surface area (Å²) in [6, 6.07) is 9.75. The van der Waals surface area contributed by atoms with E-state index in [4.69, 9.17) is 0 Å². The SMILES string of the molecule is CS(=O)(=O)CC1CCCN(C(=O)CC2=C(c3ccccc3)CCC2=O)C1. The van der Waals surface area contributed by atoms with Gasteiger partial charge >= 0.3 is 0 Å². The van der Waals surface area contributed by atoms with Crippen LogP contribution >= 0.6 is 0 Å². The molecule has 5 nitrogen and oxygen atoms in total. The number of piperidine rings is 1. The smallest absolute Gasteiger partial charge is 0.227 e. The second kappa shape index (κ2) is 7.74. The fraction of sp³-hybridized carbons (Fsp3) is 0.500. The lowest BCUT2D eigenvalue weighted by atomic mass is 9.97. The van der Waals surface area contributed by atoms with E-state index in [9.17, 15) is 18.0 Å². The third kappa shape index (κ3) is 4.61. The number of likely N-dealkylation sites (tertiary alicyclic amines) is 1. The van der Waals surface area contributed by atoms with E-state index in [0.717, 1.165) is 24.0 Å². The van der Waals surface area contributed by atoms with Crippen LogP contribution in [0.3, 0.4) is 0 Å². The summed E-state index contributed by atoms with van der Waals surface area (Å²) < 4.78 is 23.1. The van der Waals surface area contributed by atoms with E-state index >= 15 is 0 Å². The summed E-state index contributed by atoms with van der Waals surface area (Å²) in [5.41, 5.74) is 2.62. The lowest BCUT2D eigenvalue weighted by Crippen LogP contribution is -2.42. The second-order valence-corrected chi connectivity index (χ2v) is 9.55. The van der Waals surface area contributed by atoms with E-state index < -0.39 is 9.84 Å². The first-order chi connectivity index (χ1) is 12.3. The highest BCUT2D eigenvalue weighted by Crippen LogP contribution is 2.34. The van der Waals surface area contributed by atoms with Crippen molar-refractivity contribution in [3.05, 3.63) is 41.5 Å². The van der Waals surface area contributed by atoms with Gasteiger partial charge in [-0.1, -0.05) is 30.3 Å². The largest absolute Gasteiger partial charge is 0.342 e. The quantitative estimate of drug-likeness (QED) is 0.793. The number of rotatable bonds is 5. The van der Waals surface area contributed by atoms with Crippen molar-refractivity contribution in [1.82, 2.24) is 4.90 Å². The van der Waals surface area contributed by atoms with Crippen LogP contribution in [0.4, 0.5) is 0 Å². The maximum atomic E-state index is 12.8. The van der Waals surface area contributed by atoms with E-state index in [0.29, 0.717) is 31.5 Å². The van der Waals surface area contributed by atoms with Crippen LogP contribution in [0.15, 0.2) is 35.9 Å². The third-order valence-corrected chi connectivity index (χ3v) is 6.24. The average molecular weight is 375 g/mol. The van der Waals surface area contributed by atoms with E-state index in [1.165, 1.54) is 6.26 Å². The summed E-state index contributed by atoms with van der Waals surface area (Å²) in [4.78, 5) is 26.8. The fourth-order valence-electron chi connectivity index (χ4n) is 3.99. The van der Waals surface area contributed by atoms with Gasteiger partial charge in [-0.3, -0.25) is 9.59 Å². The minimum absolute atomic E-state index is 0.00967. The minimum atomic E-state index is -3.05. The first-order valence-electron chi connectivity index (χ1n) is 9.09. The number of carbonyl (C=O) groups is 2. The van der Waals surface area contributed by atoms with E-state index in [1.54, 1.807) is 4.90 Å². The number of nitrogens with zero attached hydrogens (tertiary/aromatic N) is 1. The van der Waals surface area contributed by atoms with E-state index in [-0.39, 0.29) is 29.8 Å². The topological polar surface area (TPSA) is 71.5 Å². The molecule has 1 atom stereocenters. The van der Waals surface area contributed by atoms with Gasteiger partial charge in [0.05, 0.1) is 12.2 Å². The van der Waals surface area contributed by atoms with Gasteiger partial charge in [-0.2, -0.15) is 0 Å². The number of sulfone groups is 1. The Morgan fingerprint density at radius 2 is 1.92 bits per heavy atom. The van der Waals surface area contributed by atoms with Gasteiger partial charge in [0.15, 0.2) is 5.78 Å². The van der Waals surface area contributed by atoms with Crippen LogP contribution in [-0.4, -0.2) is 50.1 Å². The first kappa shape index (κ1) is 18.8. The molecule has 1 aliphatic carbocycles. The molecule has 1 unspecified atom stereocenters. The molecule has 1 amide bonds. The predicted molar refractivity (Wildman–Crippen MR) is 101 cm³/mol. The summed E-state index contributed by atoms with van der Waals surface area (Å²) in [7, 11) is -3.05. The van der Waals surface area contributed by atoms with Gasteiger partial charge in [-0.25, -0.2) is 8.42 Å². The Hall–Kier alpha value is -1.95. The Morgan fingerprint density at radius 3 is 2.62 bits per heavy atom. The molecule has 140 valence electrons. The number of hydrogen-bond acceptors (Lipinski definition) is 4. The molecule has 0 aromatic heterocycles. The van der Waals surface area contributed by atoms with E-state index in [1.807, 2.05) is 30.3 Å². The lowest BCUT2D eigenvalue weighted by molar-refractivity contribution is -0.132. The molecule has 1 aliphatic heterocycles. The van der Waals surface area contributed by atoms with Gasteiger partial charge in [0.1, 0.15) is 9.84 Å². The summed E-state index contributed by atoms with van der Waals surface area (Å²) in [6.07, 6.45) is 4.14. The molecular weight excluding hydrogens is 350 g/mol. The minimum Gasteiger partial charge on any atom is -0.342 e. The molecule has 0 saturated carbocycles. The number of ketones is 1. The summed E-state index contributed by atoms with van der Waals surface area (Å²) in [6.45, 7) is 1.11. The highest BCUT2D eigenvalue weighted by molar-refractivity contribution is 7.90. The maximum Gasteiger partial charge on any atom is 0.227 e. The normalized spacial score (nSPS) is 21.3. The Labute approximate surface area is 155 Å². The maximum absolute atomic E-state index is 12.8. The van der Waals surface area contributed by atoms with Crippen molar-refractivity contribution in [1.29, 1.82) is 0 Å². The van der Waals surface area contributed by atoms with Gasteiger partial charge < -0.3 is 4.90 Å². The standard InChI is InChI=1S/C20H25NO4S/c1-26(24,25)14-15-6-5-11-21(13-15)20(23)12-18-17(9-10-19(18)22)16-7-3-2-4-8-16/h2-4,7-8,15H,5-6,9-14H2,1H3. The molecule has 1 saturated heterocycles. The zero-order chi connectivity index (χ0) is 18.7. The molecule has 1 fully saturated rings. The van der Waals surface area contributed by atoms with Gasteiger partial charge in [-0.15, -0.1) is 0 Å². The zero-order valence-corrected chi connectivity index (χ0v) is 15.9. The van der Waals surface area contributed by atoms with Crippen molar-refractivity contribution in [2.45, 2.75) is 32.1 Å². The molecule has 0 radical (unpaired) electrons. The van der Waals surface area contributed by atoms with Gasteiger partial charge in [0.2, 0.25) is 5.91 Å². The molecule has 1 heterocycles. The van der Waals surface area contributed by atoms with E-state index in [2.05, 4.69) is 0 Å². The molecular formula is C20H25NO4S. The zero-order valence-electron chi connectivity index (χ0n) is 15.1. The van der Waals surface area contributed by atoms with Gasteiger partial charge in [0, 0.05) is 31.3 Å². The third-order valence-electron chi connectivity index (χ3n) is 5.16. The Morgan fingerprint density at radius 1 is 1.19 bits per heavy atom. The molecule has 2 aliphatic rings. The number of Topliss-reactive ketones (excluding diaryl/α,β-unsaturated/α-hetero) is 1. The highest BCUT2D eigenvalue weighted by atomic mass is 32.2. The molecule has 3 rings (SSSR count). The van der Waals surface area contributed by atoms with Gasteiger partial charge in [0.25, 0.3) is 0 Å². The molecule has 1 aromatic rings. The molecule has 1 aromatic carbocycles. The van der Waals surface area contributed by atoms with Crippen LogP contribution in [-0.2, 0) is 19.4 Å². The summed E-state index contributed by atoms with van der Waals surface area (Å²) in [5.74, 6) is 0.0987. The van der Waals surface area contributed by atoms with Crippen molar-refractivity contribution in [2.24, 2.45) is 5.92 Å². The Kier molecular flexibility index (Phi) is 5.61. The van der Waals surface area contributed by atoms with Crippen molar-refractivity contribution < 1.29 is 18.0 Å². The van der Waals surface area contributed by atoms with Crippen LogP contribution in [0.5, 0.6) is 0 Å². The fourth-order valence-corrected chi connectivity index (χ4v) is 5.12. The second-order valence-electron chi connectivity index (χ2n) is 7.36. The Bertz CT molecular complexity index is 827. The number of benzene rings is 1. The van der Waals surface area contributed by atoms with Crippen molar-refractivity contribution in [2.75, 3.05) is 25.1 Å². The molecule has 0 N–H and O–H groups in total. The average Bonchev–Trinajstić information content (AvgIpc) is 2.95. The van der Waals surface area contributed by atoms with Crippen LogP contribution < -0.4 is 0 Å². The van der Waals surface area contributed by atoms with Crippen LogP contribution in [0.25, 0.3) is 5.57 Å². The molecule has 6 heteroatoms. The first-order valence-corrected chi connectivity index (χ1v) is 11.2. The van der Waals surface area contributed by atoms with Crippen molar-refractivity contribution in [3.63, 3.8) is 0 Å². The predicted octanol–water partition coefficient (Wildman–Crippen LogP) is 2.48. The molecule has 26 heavy (non-hydrogen) atoms. The number of carbonyl (C=O) groups excluding carboxylic acids is 2. The van der Waals surface area contributed by atoms with Crippen molar-refractivity contribution in [3.8, 4) is 0 Å². The summed E-state index contributed by atoms with van der Waals surface area (Å²) in [5, 5.41) is 0. The summed E-state index contributed by atoms with van der Waals surface area (Å²) >= 11 is 0. The molecule has 0 spiro atoms. The van der Waals surface area contributed by atoms with Crippen molar-refractivity contribution >= 4 is 27.1 Å². The number of hydrogen-bond donors (Lipinski definition) is 0. The highest BCUT2D eigenvalue weighted by Gasteiger charge is 2.30. The Balaban J connectivity index is 1.73. The van der Waals surface area contributed by atoms with Crippen LogP contribution in [0.1, 0.15) is 37.7 Å². The lowest BCUT2D eigenvalue weighted by Gasteiger charge is -2.32.